The van der Waals surface area contributed by atoms with Crippen LogP contribution < -0.4 is 0 Å². The highest BCUT2D eigenvalue weighted by molar-refractivity contribution is 5.98. The van der Waals surface area contributed by atoms with Gasteiger partial charge in [-0.3, -0.25) is 15.1 Å². The first-order valence-corrected chi connectivity index (χ1v) is 7.01. The van der Waals surface area contributed by atoms with E-state index < -0.39 is 16.8 Å². The third-order valence-corrected chi connectivity index (χ3v) is 3.51. The van der Waals surface area contributed by atoms with Gasteiger partial charge >= 0.3 is 5.97 Å². The molecule has 0 aliphatic heterocycles. The second-order valence-electron chi connectivity index (χ2n) is 4.97. The van der Waals surface area contributed by atoms with E-state index >= 15 is 0 Å². The second-order valence-corrected chi connectivity index (χ2v) is 4.97. The summed E-state index contributed by atoms with van der Waals surface area (Å²) >= 11 is 0. The van der Waals surface area contributed by atoms with Crippen molar-refractivity contribution in [1.29, 1.82) is 0 Å². The largest absolute Gasteiger partial charge is 0.465 e. The minimum Gasteiger partial charge on any atom is -0.465 e. The number of methoxy groups -OCH3 is 1. The van der Waals surface area contributed by atoms with Gasteiger partial charge in [-0.15, -0.1) is 0 Å². The average Bonchev–Trinajstić information content (AvgIpc) is 2.60. The molecule has 2 aromatic rings. The first kappa shape index (κ1) is 17.5. The van der Waals surface area contributed by atoms with Crippen molar-refractivity contribution in [2.75, 3.05) is 7.11 Å². The maximum Gasteiger partial charge on any atom is 0.338 e. The molecule has 0 radical (unpaired) electrons. The molecule has 0 aliphatic rings. The summed E-state index contributed by atoms with van der Waals surface area (Å²) in [5, 5.41) is 10.9. The third-order valence-electron chi connectivity index (χ3n) is 3.51. The zero-order valence-corrected chi connectivity index (χ0v) is 13.0. The van der Waals surface area contributed by atoms with Crippen molar-refractivity contribution in [3.05, 3.63) is 57.9 Å². The molecular weight excluding hydrogens is 322 g/mol. The fourth-order valence-corrected chi connectivity index (χ4v) is 2.13. The van der Waals surface area contributed by atoms with Gasteiger partial charge in [0.1, 0.15) is 5.69 Å². The zero-order valence-electron chi connectivity index (χ0n) is 13.0. The Morgan fingerprint density at radius 3 is 2.54 bits per heavy atom. The van der Waals surface area contributed by atoms with Gasteiger partial charge in [0.25, 0.3) is 11.6 Å². The lowest BCUT2D eigenvalue weighted by atomic mass is 9.99. The van der Waals surface area contributed by atoms with Crippen molar-refractivity contribution >= 4 is 11.7 Å². The topological polar surface area (TPSA) is 82.3 Å². The van der Waals surface area contributed by atoms with Gasteiger partial charge in [0.2, 0.25) is 0 Å². The van der Waals surface area contributed by atoms with Crippen LogP contribution in [0.15, 0.2) is 36.5 Å². The second kappa shape index (κ2) is 6.69. The fraction of sp³-hybridized carbons (Fsp3) is 0.250. The van der Waals surface area contributed by atoms with Crippen LogP contribution in [0.5, 0.6) is 0 Å². The van der Waals surface area contributed by atoms with Crippen LogP contribution in [0.3, 0.4) is 0 Å². The van der Waals surface area contributed by atoms with Crippen LogP contribution >= 0.6 is 0 Å². The van der Waals surface area contributed by atoms with Crippen LogP contribution in [-0.2, 0) is 10.7 Å². The van der Waals surface area contributed by atoms with E-state index in [1.807, 2.05) is 0 Å². The molecule has 0 saturated heterocycles. The number of benzene rings is 1. The van der Waals surface area contributed by atoms with Gasteiger partial charge in [-0.25, -0.2) is 4.79 Å². The van der Waals surface area contributed by atoms with Crippen molar-refractivity contribution in [1.82, 2.24) is 4.98 Å². The highest BCUT2D eigenvalue weighted by atomic mass is 19.3. The van der Waals surface area contributed by atoms with Gasteiger partial charge < -0.3 is 4.74 Å². The number of nitro benzene ring substituents is 1. The number of esters is 1. The summed E-state index contributed by atoms with van der Waals surface area (Å²) in [4.78, 5) is 25.8. The van der Waals surface area contributed by atoms with Gasteiger partial charge in [0, 0.05) is 30.3 Å². The van der Waals surface area contributed by atoms with E-state index in [0.29, 0.717) is 11.1 Å². The summed E-state index contributed by atoms with van der Waals surface area (Å²) < 4.78 is 31.8. The lowest BCUT2D eigenvalue weighted by molar-refractivity contribution is -0.384. The van der Waals surface area contributed by atoms with E-state index in [2.05, 4.69) is 9.72 Å². The number of carbonyl (C=O) groups is 1. The van der Waals surface area contributed by atoms with E-state index in [4.69, 9.17) is 0 Å². The Hall–Kier alpha value is -2.90. The van der Waals surface area contributed by atoms with E-state index in [-0.39, 0.29) is 23.4 Å². The summed E-state index contributed by atoms with van der Waals surface area (Å²) in [6.45, 7) is 1.35. The highest BCUT2D eigenvalue weighted by Crippen LogP contribution is 2.32. The Bertz CT molecular complexity index is 776. The predicted octanol–water partition coefficient (Wildman–Crippen LogP) is 3.95. The van der Waals surface area contributed by atoms with Crippen molar-refractivity contribution < 1.29 is 23.2 Å². The molecule has 0 saturated carbocycles. The Morgan fingerprint density at radius 1 is 1.33 bits per heavy atom. The van der Waals surface area contributed by atoms with Gasteiger partial charge in [0.05, 0.1) is 17.6 Å². The molecule has 0 fully saturated rings. The first-order valence-electron chi connectivity index (χ1n) is 7.01. The SMILES string of the molecule is CCC(F)(F)c1ccc(-c2ccc([N+](=O)[O-])cc2C(=O)OC)cn1. The molecule has 0 bridgehead atoms. The van der Waals surface area contributed by atoms with Crippen molar-refractivity contribution in [3.63, 3.8) is 0 Å². The van der Waals surface area contributed by atoms with Gasteiger partial charge in [-0.2, -0.15) is 8.78 Å². The number of pyridine rings is 1. The Balaban J connectivity index is 2.52. The van der Waals surface area contributed by atoms with Crippen molar-refractivity contribution in [2.24, 2.45) is 0 Å². The number of carbonyl (C=O) groups excluding carboxylic acids is 1. The minimum atomic E-state index is -3.04. The Kier molecular flexibility index (Phi) is 4.87. The molecule has 0 atom stereocenters. The third kappa shape index (κ3) is 3.37. The Morgan fingerprint density at radius 2 is 2.04 bits per heavy atom. The van der Waals surface area contributed by atoms with Crippen LogP contribution in [0.4, 0.5) is 14.5 Å². The lowest BCUT2D eigenvalue weighted by Crippen LogP contribution is -2.13. The summed E-state index contributed by atoms with van der Waals surface area (Å²) in [6.07, 6.45) is 0.816. The summed E-state index contributed by atoms with van der Waals surface area (Å²) in [5.74, 6) is -3.81. The number of nitro groups is 1. The van der Waals surface area contributed by atoms with Crippen molar-refractivity contribution in [3.8, 4) is 11.1 Å². The maximum absolute atomic E-state index is 13.6. The molecule has 1 heterocycles. The number of hydrogen-bond donors (Lipinski definition) is 0. The standard InChI is InChI=1S/C16H14F2N2O4/c1-3-16(17,18)14-7-4-10(9-19-14)12-6-5-11(20(22)23)8-13(12)15(21)24-2/h4-9H,3H2,1-2H3. The minimum absolute atomic E-state index is 0.0384. The monoisotopic (exact) mass is 336 g/mol. The number of halogens is 2. The predicted molar refractivity (Wildman–Crippen MR) is 81.9 cm³/mol. The van der Waals surface area contributed by atoms with E-state index in [1.54, 1.807) is 0 Å². The normalized spacial score (nSPS) is 11.2. The van der Waals surface area contributed by atoms with E-state index in [0.717, 1.165) is 13.2 Å². The van der Waals surface area contributed by atoms with Crippen LogP contribution in [-0.4, -0.2) is 23.0 Å². The zero-order chi connectivity index (χ0) is 17.9. The smallest absolute Gasteiger partial charge is 0.338 e. The molecule has 0 N–H and O–H groups in total. The molecule has 0 amide bonds. The van der Waals surface area contributed by atoms with Gasteiger partial charge in [-0.05, 0) is 17.7 Å². The highest BCUT2D eigenvalue weighted by Gasteiger charge is 2.30. The molecule has 0 unspecified atom stereocenters. The number of aromatic nitrogens is 1. The quantitative estimate of drug-likeness (QED) is 0.469. The molecule has 2 rings (SSSR count). The number of rotatable bonds is 5. The summed E-state index contributed by atoms with van der Waals surface area (Å²) in [6, 6.07) is 6.21. The van der Waals surface area contributed by atoms with E-state index in [9.17, 15) is 23.7 Å². The summed E-state index contributed by atoms with van der Waals surface area (Å²) in [5.41, 5.74) is -0.00714. The maximum atomic E-state index is 13.6. The molecule has 8 heteroatoms. The number of hydrogen-bond acceptors (Lipinski definition) is 5. The fourth-order valence-electron chi connectivity index (χ4n) is 2.13. The van der Waals surface area contributed by atoms with Crippen molar-refractivity contribution in [2.45, 2.75) is 19.3 Å². The Labute approximate surface area is 136 Å². The van der Waals surface area contributed by atoms with Crippen LogP contribution in [0.1, 0.15) is 29.4 Å². The first-order chi connectivity index (χ1) is 11.3. The summed E-state index contributed by atoms with van der Waals surface area (Å²) in [7, 11) is 1.15. The van der Waals surface area contributed by atoms with Crippen LogP contribution in [0.2, 0.25) is 0 Å². The van der Waals surface area contributed by atoms with Gasteiger partial charge in [0.15, 0.2) is 0 Å². The molecule has 0 spiro atoms. The molecule has 0 aliphatic carbocycles. The average molecular weight is 336 g/mol. The number of non-ortho nitro benzene ring substituents is 1. The molecular formula is C16H14F2N2O4. The van der Waals surface area contributed by atoms with E-state index in [1.165, 1.54) is 37.4 Å². The molecule has 126 valence electrons. The number of nitrogens with zero attached hydrogens (tertiary/aromatic N) is 2. The van der Waals surface area contributed by atoms with Gasteiger partial charge in [-0.1, -0.05) is 13.0 Å². The molecule has 24 heavy (non-hydrogen) atoms. The number of alkyl halides is 2. The molecule has 1 aromatic heterocycles. The van der Waals surface area contributed by atoms with Crippen LogP contribution in [0.25, 0.3) is 11.1 Å². The number of ether oxygens (including phenoxy) is 1. The lowest BCUT2D eigenvalue weighted by Gasteiger charge is -2.14. The van der Waals surface area contributed by atoms with Crippen LogP contribution in [0, 0.1) is 10.1 Å². The molecule has 6 nitrogen and oxygen atoms in total. The molecule has 1 aromatic carbocycles.